The van der Waals surface area contributed by atoms with E-state index in [2.05, 4.69) is 18.7 Å². The van der Waals surface area contributed by atoms with Crippen LogP contribution in [0.4, 0.5) is 0 Å². The Morgan fingerprint density at radius 2 is 2.20 bits per heavy atom. The highest BCUT2D eigenvalue weighted by molar-refractivity contribution is 5.18. The molecular formula is C13H16O2. The highest BCUT2D eigenvalue weighted by atomic mass is 16.6. The Morgan fingerprint density at radius 1 is 1.47 bits per heavy atom. The van der Waals surface area contributed by atoms with E-state index in [-0.39, 0.29) is 6.10 Å². The third kappa shape index (κ3) is 3.18. The predicted molar refractivity (Wildman–Crippen MR) is 59.7 cm³/mol. The summed E-state index contributed by atoms with van der Waals surface area (Å²) in [7, 11) is 0. The number of ether oxygens (including phenoxy) is 2. The molecule has 0 radical (unpaired) electrons. The van der Waals surface area contributed by atoms with Crippen molar-refractivity contribution >= 4 is 0 Å². The van der Waals surface area contributed by atoms with Crippen LogP contribution in [0.25, 0.3) is 0 Å². The molecule has 1 aromatic carbocycles. The minimum Gasteiger partial charge on any atom is -0.371 e. The van der Waals surface area contributed by atoms with Crippen LogP contribution >= 0.6 is 0 Å². The summed E-state index contributed by atoms with van der Waals surface area (Å²) in [6.45, 7) is 5.29. The van der Waals surface area contributed by atoms with Crippen LogP contribution in [0.15, 0.2) is 43.0 Å². The molecule has 80 valence electrons. The van der Waals surface area contributed by atoms with Gasteiger partial charge in [0.25, 0.3) is 0 Å². The van der Waals surface area contributed by atoms with Crippen LogP contribution in [0.1, 0.15) is 18.1 Å². The minimum absolute atomic E-state index is 0.118. The van der Waals surface area contributed by atoms with Crippen molar-refractivity contribution in [3.8, 4) is 0 Å². The molecular weight excluding hydrogens is 188 g/mol. The first-order valence-corrected chi connectivity index (χ1v) is 5.29. The van der Waals surface area contributed by atoms with Gasteiger partial charge in [0, 0.05) is 0 Å². The summed E-state index contributed by atoms with van der Waals surface area (Å²) in [6, 6.07) is 10.2. The van der Waals surface area contributed by atoms with Gasteiger partial charge in [0.2, 0.25) is 0 Å². The molecule has 1 aliphatic rings. The summed E-state index contributed by atoms with van der Waals surface area (Å²) < 4.78 is 10.9. The molecule has 0 bridgehead atoms. The summed E-state index contributed by atoms with van der Waals surface area (Å²) in [5.41, 5.74) is 1.21. The van der Waals surface area contributed by atoms with E-state index in [9.17, 15) is 0 Å². The van der Waals surface area contributed by atoms with Gasteiger partial charge in [-0.3, -0.25) is 0 Å². The molecule has 0 aromatic heterocycles. The highest BCUT2D eigenvalue weighted by Crippen LogP contribution is 2.23. The lowest BCUT2D eigenvalue weighted by Gasteiger charge is -2.15. The van der Waals surface area contributed by atoms with Crippen molar-refractivity contribution in [3.63, 3.8) is 0 Å². The smallest absolute Gasteiger partial charge is 0.104 e. The maximum Gasteiger partial charge on any atom is 0.104 e. The molecule has 0 saturated carbocycles. The third-order valence-electron chi connectivity index (χ3n) is 2.44. The SMILES string of the molecule is C=CCC(OCC1CO1)c1ccccc1. The van der Waals surface area contributed by atoms with Crippen molar-refractivity contribution < 1.29 is 9.47 Å². The van der Waals surface area contributed by atoms with Crippen LogP contribution in [0, 0.1) is 0 Å². The zero-order chi connectivity index (χ0) is 10.5. The Labute approximate surface area is 90.5 Å². The monoisotopic (exact) mass is 204 g/mol. The molecule has 1 saturated heterocycles. The first kappa shape index (κ1) is 10.4. The Hall–Kier alpha value is -1.12. The molecule has 15 heavy (non-hydrogen) atoms. The number of epoxide rings is 1. The van der Waals surface area contributed by atoms with Gasteiger partial charge in [-0.05, 0) is 12.0 Å². The van der Waals surface area contributed by atoms with E-state index in [1.165, 1.54) is 5.56 Å². The van der Waals surface area contributed by atoms with Crippen molar-refractivity contribution in [3.05, 3.63) is 48.6 Å². The Kier molecular flexibility index (Phi) is 3.54. The molecule has 1 aromatic rings. The number of benzene rings is 1. The van der Waals surface area contributed by atoms with Crippen LogP contribution in [0.2, 0.25) is 0 Å². The lowest BCUT2D eigenvalue weighted by Crippen LogP contribution is -2.08. The average molecular weight is 204 g/mol. The topological polar surface area (TPSA) is 21.8 Å². The van der Waals surface area contributed by atoms with Gasteiger partial charge in [-0.15, -0.1) is 6.58 Å². The van der Waals surface area contributed by atoms with E-state index >= 15 is 0 Å². The first-order valence-electron chi connectivity index (χ1n) is 5.29. The van der Waals surface area contributed by atoms with Crippen molar-refractivity contribution in [2.75, 3.05) is 13.2 Å². The molecule has 2 nitrogen and oxygen atoms in total. The Balaban J connectivity index is 1.94. The molecule has 2 heteroatoms. The fourth-order valence-corrected chi connectivity index (χ4v) is 1.51. The standard InChI is InChI=1S/C13H16O2/c1-2-6-13(15-10-12-9-14-12)11-7-4-3-5-8-11/h2-5,7-8,12-13H,1,6,9-10H2. The van der Waals surface area contributed by atoms with Gasteiger partial charge in [0.05, 0.1) is 19.3 Å². The van der Waals surface area contributed by atoms with E-state index < -0.39 is 0 Å². The van der Waals surface area contributed by atoms with Gasteiger partial charge in [-0.25, -0.2) is 0 Å². The lowest BCUT2D eigenvalue weighted by atomic mass is 10.1. The molecule has 1 heterocycles. The predicted octanol–water partition coefficient (Wildman–Crippen LogP) is 2.72. The summed E-state index contributed by atoms with van der Waals surface area (Å²) >= 11 is 0. The van der Waals surface area contributed by atoms with Gasteiger partial charge >= 0.3 is 0 Å². The molecule has 2 atom stereocenters. The minimum atomic E-state index is 0.118. The molecule has 2 rings (SSSR count). The average Bonchev–Trinajstić information content (AvgIpc) is 3.09. The van der Waals surface area contributed by atoms with Crippen molar-refractivity contribution in [1.29, 1.82) is 0 Å². The molecule has 1 aliphatic heterocycles. The van der Waals surface area contributed by atoms with Crippen molar-refractivity contribution in [2.24, 2.45) is 0 Å². The van der Waals surface area contributed by atoms with Gasteiger partial charge in [-0.2, -0.15) is 0 Å². The summed E-state index contributed by atoms with van der Waals surface area (Å²) in [5.74, 6) is 0. The first-order chi connectivity index (χ1) is 7.40. The summed E-state index contributed by atoms with van der Waals surface area (Å²) in [6.07, 6.45) is 3.18. The zero-order valence-corrected chi connectivity index (χ0v) is 8.76. The van der Waals surface area contributed by atoms with E-state index in [4.69, 9.17) is 9.47 Å². The second kappa shape index (κ2) is 5.10. The summed E-state index contributed by atoms with van der Waals surface area (Å²) in [4.78, 5) is 0. The van der Waals surface area contributed by atoms with Crippen LogP contribution in [0.3, 0.4) is 0 Å². The van der Waals surface area contributed by atoms with Crippen LogP contribution in [-0.4, -0.2) is 19.3 Å². The Morgan fingerprint density at radius 3 is 2.80 bits per heavy atom. The largest absolute Gasteiger partial charge is 0.371 e. The molecule has 0 amide bonds. The second-order valence-corrected chi connectivity index (χ2v) is 3.71. The molecule has 0 aliphatic carbocycles. The van der Waals surface area contributed by atoms with E-state index in [1.54, 1.807) is 0 Å². The Bertz CT molecular complexity index is 304. The summed E-state index contributed by atoms with van der Waals surface area (Å²) in [5, 5.41) is 0. The van der Waals surface area contributed by atoms with E-state index in [1.807, 2.05) is 24.3 Å². The molecule has 2 unspecified atom stereocenters. The number of hydrogen-bond donors (Lipinski definition) is 0. The number of hydrogen-bond acceptors (Lipinski definition) is 2. The van der Waals surface area contributed by atoms with Crippen molar-refractivity contribution in [1.82, 2.24) is 0 Å². The zero-order valence-electron chi connectivity index (χ0n) is 8.76. The maximum absolute atomic E-state index is 5.80. The van der Waals surface area contributed by atoms with Crippen molar-refractivity contribution in [2.45, 2.75) is 18.6 Å². The van der Waals surface area contributed by atoms with Crippen LogP contribution in [0.5, 0.6) is 0 Å². The van der Waals surface area contributed by atoms with Crippen LogP contribution < -0.4 is 0 Å². The van der Waals surface area contributed by atoms with Gasteiger partial charge in [0.15, 0.2) is 0 Å². The second-order valence-electron chi connectivity index (χ2n) is 3.71. The quantitative estimate of drug-likeness (QED) is 0.525. The van der Waals surface area contributed by atoms with Gasteiger partial charge < -0.3 is 9.47 Å². The lowest BCUT2D eigenvalue weighted by molar-refractivity contribution is 0.0438. The molecule has 0 spiro atoms. The molecule has 1 fully saturated rings. The van der Waals surface area contributed by atoms with E-state index in [0.717, 1.165) is 13.0 Å². The van der Waals surface area contributed by atoms with Gasteiger partial charge in [0.1, 0.15) is 6.10 Å². The van der Waals surface area contributed by atoms with Crippen LogP contribution in [-0.2, 0) is 9.47 Å². The van der Waals surface area contributed by atoms with Gasteiger partial charge in [-0.1, -0.05) is 36.4 Å². The normalized spacial score (nSPS) is 20.9. The number of rotatable bonds is 6. The highest BCUT2D eigenvalue weighted by Gasteiger charge is 2.24. The third-order valence-corrected chi connectivity index (χ3v) is 2.44. The fraction of sp³-hybridized carbons (Fsp3) is 0.385. The van der Waals surface area contributed by atoms with E-state index in [0.29, 0.717) is 12.7 Å². The molecule has 0 N–H and O–H groups in total. The maximum atomic E-state index is 5.80. The fourth-order valence-electron chi connectivity index (χ4n) is 1.51.